The van der Waals surface area contributed by atoms with E-state index in [9.17, 15) is 14.3 Å². The number of aliphatic hydroxyl groups is 1. The number of hydrogen-bond acceptors (Lipinski definition) is 2. The number of carbonyl (C=O) groups is 1. The second-order valence-electron chi connectivity index (χ2n) is 7.20. The van der Waals surface area contributed by atoms with E-state index >= 15 is 0 Å². The molecule has 0 saturated carbocycles. The highest BCUT2D eigenvalue weighted by molar-refractivity contribution is 5.94. The Morgan fingerprint density at radius 3 is 2.74 bits per heavy atom. The van der Waals surface area contributed by atoms with Crippen LogP contribution in [0.25, 0.3) is 0 Å². The molecule has 2 N–H and O–H groups in total. The summed E-state index contributed by atoms with van der Waals surface area (Å²) in [5.41, 5.74) is 1.23. The van der Waals surface area contributed by atoms with Gasteiger partial charge in [0.2, 0.25) is 5.91 Å². The largest absolute Gasteiger partial charge is 0.390 e. The molecule has 0 saturated heterocycles. The molecule has 1 atom stereocenters. The molecule has 1 aliphatic carbocycles. The number of allylic oxidation sites excluding steroid dienone is 5. The SMILES string of the molecule is CCC1C=CC(C#Cc2cccc(F)c2)=CC=C1C(=O)NCCC(C)(C)O. The van der Waals surface area contributed by atoms with Gasteiger partial charge in [-0.05, 0) is 57.0 Å². The van der Waals surface area contributed by atoms with Crippen LogP contribution in [0, 0.1) is 23.6 Å². The maximum Gasteiger partial charge on any atom is 0.247 e. The Bertz CT molecular complexity index is 832. The molecule has 27 heavy (non-hydrogen) atoms. The minimum absolute atomic E-state index is 0.00291. The van der Waals surface area contributed by atoms with Crippen molar-refractivity contribution in [3.05, 3.63) is 71.1 Å². The zero-order chi connectivity index (χ0) is 19.9. The summed E-state index contributed by atoms with van der Waals surface area (Å²) in [6, 6.07) is 6.15. The Morgan fingerprint density at radius 1 is 1.30 bits per heavy atom. The van der Waals surface area contributed by atoms with Crippen molar-refractivity contribution in [2.24, 2.45) is 5.92 Å². The zero-order valence-electron chi connectivity index (χ0n) is 16.1. The lowest BCUT2D eigenvalue weighted by Crippen LogP contribution is -2.32. The van der Waals surface area contributed by atoms with Gasteiger partial charge in [0.15, 0.2) is 0 Å². The predicted molar refractivity (Wildman–Crippen MR) is 106 cm³/mol. The monoisotopic (exact) mass is 367 g/mol. The first kappa shape index (κ1) is 20.7. The van der Waals surface area contributed by atoms with Crippen molar-refractivity contribution in [3.63, 3.8) is 0 Å². The molecule has 1 unspecified atom stereocenters. The van der Waals surface area contributed by atoms with Crippen molar-refractivity contribution in [2.75, 3.05) is 6.54 Å². The second-order valence-corrected chi connectivity index (χ2v) is 7.20. The van der Waals surface area contributed by atoms with Crippen molar-refractivity contribution in [1.29, 1.82) is 0 Å². The van der Waals surface area contributed by atoms with E-state index in [-0.39, 0.29) is 17.6 Å². The summed E-state index contributed by atoms with van der Waals surface area (Å²) < 4.78 is 13.2. The Kier molecular flexibility index (Phi) is 7.15. The highest BCUT2D eigenvalue weighted by Gasteiger charge is 2.19. The summed E-state index contributed by atoms with van der Waals surface area (Å²) in [6.45, 7) is 5.87. The van der Waals surface area contributed by atoms with E-state index < -0.39 is 5.60 Å². The van der Waals surface area contributed by atoms with Crippen LogP contribution < -0.4 is 5.32 Å². The zero-order valence-corrected chi connectivity index (χ0v) is 16.1. The molecule has 2 rings (SSSR count). The summed E-state index contributed by atoms with van der Waals surface area (Å²) in [5.74, 6) is 5.51. The fourth-order valence-corrected chi connectivity index (χ4v) is 2.66. The number of nitrogens with one attached hydrogen (secondary N) is 1. The molecule has 142 valence electrons. The normalized spacial score (nSPS) is 16.6. The van der Waals surface area contributed by atoms with Gasteiger partial charge in [0.05, 0.1) is 5.60 Å². The second kappa shape index (κ2) is 9.34. The van der Waals surface area contributed by atoms with E-state index in [0.717, 1.165) is 12.0 Å². The molecule has 0 heterocycles. The van der Waals surface area contributed by atoms with E-state index in [2.05, 4.69) is 17.2 Å². The molecular formula is C23H26FNO2. The first-order valence-corrected chi connectivity index (χ1v) is 9.17. The Labute approximate surface area is 160 Å². The van der Waals surface area contributed by atoms with E-state index in [0.29, 0.717) is 24.1 Å². The fourth-order valence-electron chi connectivity index (χ4n) is 2.66. The van der Waals surface area contributed by atoms with Crippen LogP contribution in [0.5, 0.6) is 0 Å². The number of hydrogen-bond donors (Lipinski definition) is 2. The van der Waals surface area contributed by atoms with E-state index in [1.54, 1.807) is 32.1 Å². The highest BCUT2D eigenvalue weighted by atomic mass is 19.1. The molecule has 1 aliphatic rings. The average molecular weight is 367 g/mol. The van der Waals surface area contributed by atoms with Gasteiger partial charge in [0.25, 0.3) is 0 Å². The molecule has 1 aromatic rings. The van der Waals surface area contributed by atoms with Gasteiger partial charge in [0, 0.05) is 29.2 Å². The predicted octanol–water partition coefficient (Wildman–Crippen LogP) is 3.90. The third-order valence-corrected chi connectivity index (χ3v) is 4.25. The number of rotatable bonds is 5. The third-order valence-electron chi connectivity index (χ3n) is 4.25. The van der Waals surface area contributed by atoms with Crippen LogP contribution in [0.15, 0.2) is 59.7 Å². The average Bonchev–Trinajstić information content (AvgIpc) is 2.81. The van der Waals surface area contributed by atoms with Gasteiger partial charge in [-0.3, -0.25) is 4.79 Å². The molecule has 1 aromatic carbocycles. The molecule has 0 fully saturated rings. The minimum atomic E-state index is -0.811. The smallest absolute Gasteiger partial charge is 0.247 e. The van der Waals surface area contributed by atoms with Crippen LogP contribution in [-0.2, 0) is 4.79 Å². The lowest BCUT2D eigenvalue weighted by Gasteiger charge is -2.18. The first-order chi connectivity index (χ1) is 12.8. The van der Waals surface area contributed by atoms with Crippen molar-refractivity contribution in [3.8, 4) is 11.8 Å². The summed E-state index contributed by atoms with van der Waals surface area (Å²) in [6.07, 6.45) is 8.75. The Morgan fingerprint density at radius 2 is 2.07 bits per heavy atom. The summed E-state index contributed by atoms with van der Waals surface area (Å²) in [4.78, 5) is 12.5. The van der Waals surface area contributed by atoms with E-state index in [1.165, 1.54) is 12.1 Å². The van der Waals surface area contributed by atoms with Crippen molar-refractivity contribution >= 4 is 5.91 Å². The summed E-state index contributed by atoms with van der Waals surface area (Å²) in [5, 5.41) is 12.6. The van der Waals surface area contributed by atoms with Gasteiger partial charge in [-0.15, -0.1) is 0 Å². The van der Waals surface area contributed by atoms with Crippen LogP contribution in [0.4, 0.5) is 4.39 Å². The molecule has 0 spiro atoms. The molecule has 0 radical (unpaired) electrons. The maximum absolute atomic E-state index is 13.2. The van der Waals surface area contributed by atoms with Gasteiger partial charge in [0.1, 0.15) is 5.82 Å². The molecule has 1 amide bonds. The number of benzene rings is 1. The molecular weight excluding hydrogens is 341 g/mol. The lowest BCUT2D eigenvalue weighted by atomic mass is 9.95. The number of carbonyl (C=O) groups excluding carboxylic acids is 1. The minimum Gasteiger partial charge on any atom is -0.390 e. The van der Waals surface area contributed by atoms with Crippen LogP contribution in [0.3, 0.4) is 0 Å². The first-order valence-electron chi connectivity index (χ1n) is 9.17. The maximum atomic E-state index is 13.2. The van der Waals surface area contributed by atoms with Crippen LogP contribution in [-0.4, -0.2) is 23.2 Å². The van der Waals surface area contributed by atoms with Gasteiger partial charge < -0.3 is 10.4 Å². The van der Waals surface area contributed by atoms with Crippen molar-refractivity contribution in [1.82, 2.24) is 5.32 Å². The van der Waals surface area contributed by atoms with Crippen LogP contribution in [0.1, 0.15) is 39.2 Å². The third kappa shape index (κ3) is 6.88. The van der Waals surface area contributed by atoms with Crippen LogP contribution >= 0.6 is 0 Å². The standard InChI is InChI=1S/C23H26FNO2/c1-4-19-12-10-17(8-9-18-6-5-7-20(24)16-18)11-13-21(19)22(26)25-15-14-23(2,3)27/h5-7,10-13,16,19,27H,4,14-15H2,1-3H3,(H,25,26). The topological polar surface area (TPSA) is 49.3 Å². The highest BCUT2D eigenvalue weighted by Crippen LogP contribution is 2.21. The van der Waals surface area contributed by atoms with Gasteiger partial charge in [-0.25, -0.2) is 4.39 Å². The summed E-state index contributed by atoms with van der Waals surface area (Å²) >= 11 is 0. The number of amides is 1. The molecule has 4 heteroatoms. The molecule has 3 nitrogen and oxygen atoms in total. The quantitative estimate of drug-likeness (QED) is 0.776. The Balaban J connectivity index is 2.14. The van der Waals surface area contributed by atoms with Gasteiger partial charge in [-0.2, -0.15) is 0 Å². The summed E-state index contributed by atoms with van der Waals surface area (Å²) in [7, 11) is 0. The lowest BCUT2D eigenvalue weighted by molar-refractivity contribution is -0.118. The van der Waals surface area contributed by atoms with Gasteiger partial charge >= 0.3 is 0 Å². The number of halogens is 1. The Hall–Kier alpha value is -2.64. The van der Waals surface area contributed by atoms with Crippen molar-refractivity contribution in [2.45, 2.75) is 39.2 Å². The fraction of sp³-hybridized carbons (Fsp3) is 0.348. The molecule has 0 aromatic heterocycles. The molecule has 0 aliphatic heterocycles. The van der Waals surface area contributed by atoms with Gasteiger partial charge in [-0.1, -0.05) is 37.0 Å². The van der Waals surface area contributed by atoms with Crippen LogP contribution in [0.2, 0.25) is 0 Å². The molecule has 0 bridgehead atoms. The van der Waals surface area contributed by atoms with E-state index in [1.807, 2.05) is 25.2 Å². The van der Waals surface area contributed by atoms with E-state index in [4.69, 9.17) is 0 Å². The van der Waals surface area contributed by atoms with Crippen molar-refractivity contribution < 1.29 is 14.3 Å².